The molecule has 1 aromatic carbocycles. The number of esters is 2. The number of carbonyl (C=O) groups is 3. The Morgan fingerprint density at radius 3 is 2.79 bits per heavy atom. The summed E-state index contributed by atoms with van der Waals surface area (Å²) in [6, 6.07) is 4.85. The molecule has 1 aliphatic rings. The number of hydrogen-bond donors (Lipinski definition) is 2. The first-order valence-electron chi connectivity index (χ1n) is 7.48. The summed E-state index contributed by atoms with van der Waals surface area (Å²) in [5.41, 5.74) is 0.766. The van der Waals surface area contributed by atoms with E-state index in [1.807, 2.05) is 0 Å². The van der Waals surface area contributed by atoms with Crippen LogP contribution in [0.2, 0.25) is 0 Å². The zero-order chi connectivity index (χ0) is 17.7. The molecule has 0 radical (unpaired) electrons. The van der Waals surface area contributed by atoms with E-state index in [9.17, 15) is 19.4 Å². The number of amides is 1. The highest BCUT2D eigenvalue weighted by atomic mass is 16.7. The molecule has 2 rings (SSSR count). The Labute approximate surface area is 139 Å². The third kappa shape index (κ3) is 4.26. The third-order valence-electron chi connectivity index (χ3n) is 3.46. The van der Waals surface area contributed by atoms with Gasteiger partial charge in [-0.2, -0.15) is 0 Å². The molecular weight excluding hydrogens is 317 g/mol. The average Bonchev–Trinajstić information content (AvgIpc) is 2.54. The highest BCUT2D eigenvalue weighted by Gasteiger charge is 2.37. The van der Waals surface area contributed by atoms with E-state index >= 15 is 0 Å². The molecule has 0 aliphatic carbocycles. The fourth-order valence-electron chi connectivity index (χ4n) is 2.26. The number of hydrogen-bond acceptors (Lipinski definition) is 7. The van der Waals surface area contributed by atoms with Crippen LogP contribution in [0.5, 0.6) is 5.75 Å². The van der Waals surface area contributed by atoms with Gasteiger partial charge in [-0.1, -0.05) is 19.1 Å². The summed E-state index contributed by atoms with van der Waals surface area (Å²) >= 11 is 0. The topological polar surface area (TPSA) is 111 Å². The maximum absolute atomic E-state index is 12.1. The van der Waals surface area contributed by atoms with Crippen molar-refractivity contribution in [3.05, 3.63) is 29.3 Å². The van der Waals surface area contributed by atoms with Crippen molar-refractivity contribution >= 4 is 25.0 Å². The van der Waals surface area contributed by atoms with Crippen LogP contribution in [0.25, 0.3) is 0 Å². The number of carbonyl (C=O) groups excluding carboxylic acids is 3. The summed E-state index contributed by atoms with van der Waals surface area (Å²) in [4.78, 5) is 34.2. The van der Waals surface area contributed by atoms with Crippen LogP contribution in [0.1, 0.15) is 36.2 Å². The van der Waals surface area contributed by atoms with Crippen molar-refractivity contribution in [1.82, 2.24) is 5.32 Å². The van der Waals surface area contributed by atoms with Gasteiger partial charge in [0.2, 0.25) is 12.7 Å². The van der Waals surface area contributed by atoms with Crippen molar-refractivity contribution in [1.29, 1.82) is 0 Å². The first kappa shape index (κ1) is 17.8. The van der Waals surface area contributed by atoms with Crippen LogP contribution in [0, 0.1) is 0 Å². The van der Waals surface area contributed by atoms with Gasteiger partial charge in [0.25, 0.3) is 0 Å². The number of rotatable bonds is 5. The number of benzene rings is 1. The van der Waals surface area contributed by atoms with E-state index in [0.717, 1.165) is 0 Å². The van der Waals surface area contributed by atoms with E-state index in [2.05, 4.69) is 10.1 Å². The molecule has 9 heteroatoms. The predicted molar refractivity (Wildman–Crippen MR) is 83.0 cm³/mol. The van der Waals surface area contributed by atoms with Gasteiger partial charge in [-0.25, -0.2) is 4.79 Å². The fourth-order valence-corrected chi connectivity index (χ4v) is 2.26. The van der Waals surface area contributed by atoms with Crippen molar-refractivity contribution in [2.75, 3.05) is 6.79 Å². The van der Waals surface area contributed by atoms with Gasteiger partial charge in [0.1, 0.15) is 11.3 Å². The van der Waals surface area contributed by atoms with Crippen LogP contribution in [0.15, 0.2) is 18.2 Å². The second kappa shape index (κ2) is 7.82. The Balaban J connectivity index is 2.13. The lowest BCUT2D eigenvalue weighted by Gasteiger charge is -2.29. The summed E-state index contributed by atoms with van der Waals surface area (Å²) in [7, 11) is -1.28. The second-order valence-electron chi connectivity index (χ2n) is 5.22. The van der Waals surface area contributed by atoms with Gasteiger partial charge in [-0.05, 0) is 18.1 Å². The predicted octanol–water partition coefficient (Wildman–Crippen LogP) is 0.213. The first-order valence-corrected chi connectivity index (χ1v) is 7.48. The normalized spacial score (nSPS) is 15.8. The van der Waals surface area contributed by atoms with E-state index in [-0.39, 0.29) is 17.2 Å². The van der Waals surface area contributed by atoms with Crippen LogP contribution >= 0.6 is 0 Å². The Morgan fingerprint density at radius 2 is 2.12 bits per heavy atom. The van der Waals surface area contributed by atoms with Crippen molar-refractivity contribution in [3.8, 4) is 5.75 Å². The second-order valence-corrected chi connectivity index (χ2v) is 5.22. The molecule has 1 heterocycles. The van der Waals surface area contributed by atoms with Crippen molar-refractivity contribution in [2.45, 2.75) is 32.6 Å². The van der Waals surface area contributed by atoms with Crippen LogP contribution in [0.3, 0.4) is 0 Å². The lowest BCUT2D eigenvalue weighted by Crippen LogP contribution is -2.53. The van der Waals surface area contributed by atoms with Gasteiger partial charge in [-0.3, -0.25) is 9.59 Å². The van der Waals surface area contributed by atoms with E-state index in [1.165, 1.54) is 13.0 Å². The highest BCUT2D eigenvalue weighted by molar-refractivity contribution is 6.47. The third-order valence-corrected chi connectivity index (χ3v) is 3.46. The Kier molecular flexibility index (Phi) is 5.80. The van der Waals surface area contributed by atoms with E-state index < -0.39 is 31.8 Å². The summed E-state index contributed by atoms with van der Waals surface area (Å²) in [6.45, 7) is 2.40. The molecule has 1 aliphatic heterocycles. The van der Waals surface area contributed by atoms with Gasteiger partial charge in [0.15, 0.2) is 0 Å². The van der Waals surface area contributed by atoms with Crippen molar-refractivity contribution in [3.63, 3.8) is 0 Å². The van der Waals surface area contributed by atoms with E-state index in [1.54, 1.807) is 19.1 Å². The molecule has 1 amide bonds. The van der Waals surface area contributed by atoms with Gasteiger partial charge >= 0.3 is 19.1 Å². The molecule has 1 atom stereocenters. The molecule has 0 saturated carbocycles. The molecule has 128 valence electrons. The Hall–Kier alpha value is -2.55. The average molecular weight is 335 g/mol. The molecular formula is C15H18BNO7. The zero-order valence-corrected chi connectivity index (χ0v) is 13.4. The van der Waals surface area contributed by atoms with Crippen molar-refractivity contribution in [2.24, 2.45) is 0 Å². The van der Waals surface area contributed by atoms with Crippen LogP contribution in [0.4, 0.5) is 0 Å². The number of fused-ring (bicyclic) bond motifs is 1. The van der Waals surface area contributed by atoms with Crippen LogP contribution in [-0.4, -0.2) is 42.7 Å². The Bertz CT molecular complexity index is 649. The zero-order valence-electron chi connectivity index (χ0n) is 13.4. The summed E-state index contributed by atoms with van der Waals surface area (Å²) in [5, 5.41) is 12.7. The molecule has 2 N–H and O–H groups in total. The minimum atomic E-state index is -1.28. The van der Waals surface area contributed by atoms with Gasteiger partial charge in [0.05, 0.1) is 5.94 Å². The van der Waals surface area contributed by atoms with Gasteiger partial charge in [0, 0.05) is 13.3 Å². The molecule has 0 saturated heterocycles. The molecule has 8 nitrogen and oxygen atoms in total. The smallest absolute Gasteiger partial charge is 0.534 e. The largest absolute Gasteiger partial charge is 0.547 e. The molecule has 0 fully saturated rings. The molecule has 0 bridgehead atoms. The maximum atomic E-state index is 12.1. The lowest BCUT2D eigenvalue weighted by molar-refractivity contribution is -0.149. The molecule has 1 aromatic rings. The maximum Gasteiger partial charge on any atom is 0.547 e. The minimum Gasteiger partial charge on any atom is -0.534 e. The van der Waals surface area contributed by atoms with Crippen molar-refractivity contribution < 1.29 is 33.5 Å². The SMILES string of the molecule is CCC(=O)NC1Cc2cccc(C(=O)OCOC(C)=O)c2OB1O. The quantitative estimate of drug-likeness (QED) is 0.450. The number of ether oxygens (including phenoxy) is 2. The van der Waals surface area contributed by atoms with Gasteiger partial charge in [-0.15, -0.1) is 0 Å². The van der Waals surface area contributed by atoms with Crippen LogP contribution in [-0.2, 0) is 25.5 Å². The Morgan fingerprint density at radius 1 is 1.38 bits per heavy atom. The monoisotopic (exact) mass is 335 g/mol. The first-order chi connectivity index (χ1) is 11.4. The van der Waals surface area contributed by atoms with Crippen LogP contribution < -0.4 is 9.97 Å². The van der Waals surface area contributed by atoms with Gasteiger partial charge < -0.3 is 24.5 Å². The molecule has 0 aromatic heterocycles. The molecule has 1 unspecified atom stereocenters. The highest BCUT2D eigenvalue weighted by Crippen LogP contribution is 2.30. The summed E-state index contributed by atoms with van der Waals surface area (Å²) in [5.74, 6) is -1.92. The van der Waals surface area contributed by atoms with E-state index in [4.69, 9.17) is 9.39 Å². The summed E-state index contributed by atoms with van der Waals surface area (Å²) < 4.78 is 14.8. The summed E-state index contributed by atoms with van der Waals surface area (Å²) in [6.07, 6.45) is 0.603. The number of para-hydroxylation sites is 1. The molecule has 0 spiro atoms. The standard InChI is InChI=1S/C15H18BNO7/c1-3-13(19)17-12-7-10-5-4-6-11(14(10)24-16(12)21)15(20)23-8-22-9(2)18/h4-6,12,21H,3,7-8H2,1-2H3,(H,17,19). The fraction of sp³-hybridized carbons (Fsp3) is 0.400. The molecule has 24 heavy (non-hydrogen) atoms. The number of nitrogens with one attached hydrogen (secondary N) is 1. The van der Waals surface area contributed by atoms with E-state index in [0.29, 0.717) is 18.4 Å². The lowest BCUT2D eigenvalue weighted by atomic mass is 9.72. The minimum absolute atomic E-state index is 0.110.